The van der Waals surface area contributed by atoms with Crippen LogP contribution in [0.25, 0.3) is 5.69 Å². The van der Waals surface area contributed by atoms with Crippen molar-refractivity contribution in [1.82, 2.24) is 19.7 Å². The molecule has 6 nitrogen and oxygen atoms in total. The number of hydrogen-bond donors (Lipinski definition) is 0. The van der Waals surface area contributed by atoms with Gasteiger partial charge in [-0.1, -0.05) is 11.6 Å². The summed E-state index contributed by atoms with van der Waals surface area (Å²) in [5.41, 5.74) is -1.00. The SMILES string of the molecule is FC1(F)Oc2ccc(-n3nc(C(F)(F)F)cc3Cc3ncc(Cl)cn3)cc2O1. The van der Waals surface area contributed by atoms with E-state index in [9.17, 15) is 22.0 Å². The van der Waals surface area contributed by atoms with Crippen LogP contribution in [-0.2, 0) is 12.6 Å². The molecule has 2 aromatic heterocycles. The summed E-state index contributed by atoms with van der Waals surface area (Å²) in [6.07, 6.45) is -6.05. The summed E-state index contributed by atoms with van der Waals surface area (Å²) in [7, 11) is 0. The lowest BCUT2D eigenvalue weighted by Gasteiger charge is -2.08. The van der Waals surface area contributed by atoms with Crippen LogP contribution in [0.15, 0.2) is 36.7 Å². The van der Waals surface area contributed by atoms with Crippen LogP contribution in [0, 0.1) is 0 Å². The van der Waals surface area contributed by atoms with Gasteiger partial charge >= 0.3 is 12.5 Å². The number of halogens is 6. The van der Waals surface area contributed by atoms with Crippen LogP contribution in [0.2, 0.25) is 5.02 Å². The molecule has 0 unspecified atom stereocenters. The van der Waals surface area contributed by atoms with Crippen LogP contribution >= 0.6 is 11.6 Å². The van der Waals surface area contributed by atoms with Crippen LogP contribution in [0.4, 0.5) is 22.0 Å². The molecule has 3 aromatic rings. The molecule has 4 rings (SSSR count). The third-order valence-electron chi connectivity index (χ3n) is 3.72. The first-order chi connectivity index (χ1) is 13.1. The van der Waals surface area contributed by atoms with E-state index in [4.69, 9.17) is 11.6 Å². The van der Waals surface area contributed by atoms with E-state index in [2.05, 4.69) is 24.5 Å². The van der Waals surface area contributed by atoms with Crippen molar-refractivity contribution in [2.75, 3.05) is 0 Å². The van der Waals surface area contributed by atoms with Gasteiger partial charge in [0, 0.05) is 18.5 Å². The number of hydrogen-bond acceptors (Lipinski definition) is 5. The molecular formula is C16H8ClF5N4O2. The minimum Gasteiger partial charge on any atom is -0.395 e. The maximum absolute atomic E-state index is 13.2. The maximum Gasteiger partial charge on any atom is 0.586 e. The number of rotatable bonds is 3. The van der Waals surface area contributed by atoms with E-state index in [1.807, 2.05) is 0 Å². The normalized spacial score (nSPS) is 15.1. The second-order valence-corrected chi connectivity index (χ2v) is 6.16. The van der Waals surface area contributed by atoms with Crippen LogP contribution in [0.1, 0.15) is 17.2 Å². The fraction of sp³-hybridized carbons (Fsp3) is 0.188. The van der Waals surface area contributed by atoms with Crippen molar-refractivity contribution >= 4 is 11.6 Å². The number of fused-ring (bicyclic) bond motifs is 1. The molecule has 1 aromatic carbocycles. The van der Waals surface area contributed by atoms with Gasteiger partial charge < -0.3 is 9.47 Å². The van der Waals surface area contributed by atoms with Crippen molar-refractivity contribution in [2.24, 2.45) is 0 Å². The largest absolute Gasteiger partial charge is 0.586 e. The van der Waals surface area contributed by atoms with Crippen LogP contribution < -0.4 is 9.47 Å². The summed E-state index contributed by atoms with van der Waals surface area (Å²) < 4.78 is 75.4. The van der Waals surface area contributed by atoms with E-state index in [0.29, 0.717) is 0 Å². The van der Waals surface area contributed by atoms with Gasteiger partial charge in [0.2, 0.25) is 0 Å². The van der Waals surface area contributed by atoms with E-state index in [1.54, 1.807) is 0 Å². The molecule has 0 bridgehead atoms. The first-order valence-corrected chi connectivity index (χ1v) is 8.01. The lowest BCUT2D eigenvalue weighted by molar-refractivity contribution is -0.286. The van der Waals surface area contributed by atoms with Gasteiger partial charge in [0.1, 0.15) is 5.82 Å². The van der Waals surface area contributed by atoms with Gasteiger partial charge in [-0.05, 0) is 18.2 Å². The molecule has 0 fully saturated rings. The topological polar surface area (TPSA) is 62.1 Å². The van der Waals surface area contributed by atoms with Crippen molar-refractivity contribution in [3.8, 4) is 17.2 Å². The van der Waals surface area contributed by atoms with Gasteiger partial charge in [-0.2, -0.15) is 18.3 Å². The summed E-state index contributed by atoms with van der Waals surface area (Å²) in [5.74, 6) is -0.355. The number of alkyl halides is 5. The molecule has 0 saturated heterocycles. The first kappa shape index (κ1) is 18.4. The lowest BCUT2D eigenvalue weighted by Crippen LogP contribution is -2.25. The molecule has 0 N–H and O–H groups in total. The summed E-state index contributed by atoms with van der Waals surface area (Å²) >= 11 is 5.70. The fourth-order valence-corrected chi connectivity index (χ4v) is 2.67. The quantitative estimate of drug-likeness (QED) is 0.595. The molecule has 28 heavy (non-hydrogen) atoms. The van der Waals surface area contributed by atoms with Crippen molar-refractivity contribution in [3.63, 3.8) is 0 Å². The second kappa shape index (κ2) is 6.30. The highest BCUT2D eigenvalue weighted by Gasteiger charge is 2.43. The number of aromatic nitrogens is 4. The van der Waals surface area contributed by atoms with Crippen molar-refractivity contribution < 1.29 is 31.4 Å². The minimum absolute atomic E-state index is 0.0690. The molecule has 0 saturated carbocycles. The zero-order valence-corrected chi connectivity index (χ0v) is 14.3. The Morgan fingerprint density at radius 1 is 1.04 bits per heavy atom. The van der Waals surface area contributed by atoms with Crippen molar-refractivity contribution in [3.05, 3.63) is 58.9 Å². The molecule has 0 radical (unpaired) electrons. The van der Waals surface area contributed by atoms with E-state index in [1.165, 1.54) is 18.5 Å². The average molecular weight is 419 g/mol. The van der Waals surface area contributed by atoms with Crippen LogP contribution in [0.3, 0.4) is 0 Å². The monoisotopic (exact) mass is 418 g/mol. The van der Waals surface area contributed by atoms with E-state index >= 15 is 0 Å². The summed E-state index contributed by atoms with van der Waals surface area (Å²) in [6.45, 7) is 0. The van der Waals surface area contributed by atoms with E-state index < -0.39 is 18.2 Å². The predicted octanol–water partition coefficient (Wildman–Crippen LogP) is 4.25. The Hall–Kier alpha value is -2.95. The molecule has 146 valence electrons. The molecule has 0 amide bonds. The third-order valence-corrected chi connectivity index (χ3v) is 3.91. The molecule has 0 spiro atoms. The zero-order valence-electron chi connectivity index (χ0n) is 13.5. The Morgan fingerprint density at radius 3 is 2.39 bits per heavy atom. The minimum atomic E-state index is -4.70. The van der Waals surface area contributed by atoms with Gasteiger partial charge in [0.25, 0.3) is 0 Å². The third kappa shape index (κ3) is 3.57. The number of ether oxygens (including phenoxy) is 2. The summed E-state index contributed by atoms with van der Waals surface area (Å²) in [5, 5.41) is 3.82. The lowest BCUT2D eigenvalue weighted by atomic mass is 10.2. The fourth-order valence-electron chi connectivity index (χ4n) is 2.57. The Balaban J connectivity index is 1.76. The molecule has 1 aliphatic rings. The predicted molar refractivity (Wildman–Crippen MR) is 84.6 cm³/mol. The zero-order chi connectivity index (χ0) is 20.1. The average Bonchev–Trinajstić information content (AvgIpc) is 3.15. The van der Waals surface area contributed by atoms with Gasteiger partial charge in [0.05, 0.1) is 22.8 Å². The molecule has 0 atom stereocenters. The van der Waals surface area contributed by atoms with E-state index in [0.717, 1.165) is 22.9 Å². The van der Waals surface area contributed by atoms with E-state index in [-0.39, 0.29) is 40.1 Å². The van der Waals surface area contributed by atoms with Crippen molar-refractivity contribution in [2.45, 2.75) is 18.9 Å². The second-order valence-electron chi connectivity index (χ2n) is 5.72. The molecule has 3 heterocycles. The number of nitrogens with zero attached hydrogens (tertiary/aromatic N) is 4. The smallest absolute Gasteiger partial charge is 0.395 e. The van der Waals surface area contributed by atoms with Gasteiger partial charge in [-0.3, -0.25) is 0 Å². The van der Waals surface area contributed by atoms with Crippen LogP contribution in [-0.4, -0.2) is 26.0 Å². The highest BCUT2D eigenvalue weighted by Crippen LogP contribution is 2.42. The maximum atomic E-state index is 13.2. The molecular weight excluding hydrogens is 411 g/mol. The van der Waals surface area contributed by atoms with Gasteiger partial charge in [0.15, 0.2) is 17.2 Å². The highest BCUT2D eigenvalue weighted by atomic mass is 35.5. The summed E-state index contributed by atoms with van der Waals surface area (Å²) in [6, 6.07) is 4.37. The Kier molecular flexibility index (Phi) is 4.14. The summed E-state index contributed by atoms with van der Waals surface area (Å²) in [4.78, 5) is 7.89. The van der Waals surface area contributed by atoms with Gasteiger partial charge in [-0.25, -0.2) is 14.6 Å². The highest BCUT2D eigenvalue weighted by molar-refractivity contribution is 6.30. The van der Waals surface area contributed by atoms with Crippen LogP contribution in [0.5, 0.6) is 11.5 Å². The molecule has 0 aliphatic carbocycles. The standard InChI is InChI=1S/C16H8ClF5N4O2/c17-8-6-23-14(24-7-8)5-10-4-13(15(18,19)20)25-26(10)9-1-2-11-12(3-9)28-16(21,22)27-11/h1-4,6-7H,5H2. The Bertz CT molecular complexity index is 1040. The molecule has 12 heteroatoms. The first-order valence-electron chi connectivity index (χ1n) is 7.63. The van der Waals surface area contributed by atoms with Gasteiger partial charge in [-0.15, -0.1) is 8.78 Å². The molecule has 1 aliphatic heterocycles. The Labute approximate surface area is 158 Å². The Morgan fingerprint density at radius 2 is 1.71 bits per heavy atom. The number of benzene rings is 1. The van der Waals surface area contributed by atoms with Crippen molar-refractivity contribution in [1.29, 1.82) is 0 Å².